The molecule has 0 radical (unpaired) electrons. The fraction of sp³-hybridized carbons (Fsp3) is 0.538. The van der Waals surface area contributed by atoms with Gasteiger partial charge in [-0.15, -0.1) is 0 Å². The highest BCUT2D eigenvalue weighted by molar-refractivity contribution is 6.03. The molecule has 0 atom stereocenters. The molecule has 2 aliphatic rings. The molecule has 3 heteroatoms. The molecule has 0 aromatic carbocycles. The first-order chi connectivity index (χ1) is 7.84. The van der Waals surface area contributed by atoms with Crippen LogP contribution in [0.25, 0.3) is 0 Å². The molecule has 0 spiro atoms. The van der Waals surface area contributed by atoms with E-state index in [0.29, 0.717) is 12.0 Å². The summed E-state index contributed by atoms with van der Waals surface area (Å²) in [7, 11) is 0. The van der Waals surface area contributed by atoms with Gasteiger partial charge in [0.25, 0.3) is 0 Å². The van der Waals surface area contributed by atoms with Crippen molar-refractivity contribution in [1.82, 2.24) is 4.98 Å². The lowest BCUT2D eigenvalue weighted by atomic mass is 9.92. The van der Waals surface area contributed by atoms with Gasteiger partial charge in [-0.1, -0.05) is 0 Å². The molecule has 0 saturated heterocycles. The van der Waals surface area contributed by atoms with Gasteiger partial charge in [0.2, 0.25) is 0 Å². The highest BCUT2D eigenvalue weighted by Gasteiger charge is 2.30. The van der Waals surface area contributed by atoms with Crippen LogP contribution in [0.4, 0.5) is 5.69 Å². The summed E-state index contributed by atoms with van der Waals surface area (Å²) in [5, 5.41) is 11.6. The van der Waals surface area contributed by atoms with E-state index in [4.69, 9.17) is 5.41 Å². The van der Waals surface area contributed by atoms with Crippen molar-refractivity contribution in [2.75, 3.05) is 5.32 Å². The number of anilines is 1. The second-order valence-corrected chi connectivity index (χ2v) is 4.86. The highest BCUT2D eigenvalue weighted by Crippen LogP contribution is 2.34. The summed E-state index contributed by atoms with van der Waals surface area (Å²) in [6.07, 6.45) is 7.96. The molecular formula is C13H17N3. The molecule has 1 aromatic rings. The normalized spacial score (nSPS) is 20.2. The van der Waals surface area contributed by atoms with Gasteiger partial charge in [-0.2, -0.15) is 0 Å². The van der Waals surface area contributed by atoms with E-state index >= 15 is 0 Å². The predicted octanol–water partition coefficient (Wildman–Crippen LogP) is 2.82. The zero-order chi connectivity index (χ0) is 11.0. The van der Waals surface area contributed by atoms with Crippen molar-refractivity contribution in [3.05, 3.63) is 24.0 Å². The van der Waals surface area contributed by atoms with E-state index in [-0.39, 0.29) is 0 Å². The molecule has 16 heavy (non-hydrogen) atoms. The van der Waals surface area contributed by atoms with Crippen LogP contribution in [0.15, 0.2) is 18.3 Å². The fourth-order valence-corrected chi connectivity index (χ4v) is 2.07. The summed E-state index contributed by atoms with van der Waals surface area (Å²) in [5.74, 6) is 0.469. The van der Waals surface area contributed by atoms with Gasteiger partial charge in [-0.25, -0.2) is 0 Å². The molecular weight excluding hydrogens is 198 g/mol. The average Bonchev–Trinajstić information content (AvgIpc) is 3.07. The molecule has 2 N–H and O–H groups in total. The van der Waals surface area contributed by atoms with Crippen molar-refractivity contribution >= 4 is 11.4 Å². The van der Waals surface area contributed by atoms with E-state index in [1.54, 1.807) is 6.20 Å². The zero-order valence-corrected chi connectivity index (χ0v) is 9.37. The van der Waals surface area contributed by atoms with E-state index in [1.165, 1.54) is 19.3 Å². The Morgan fingerprint density at radius 1 is 1.31 bits per heavy atom. The van der Waals surface area contributed by atoms with Crippen LogP contribution in [0.1, 0.15) is 37.8 Å². The van der Waals surface area contributed by atoms with Crippen molar-refractivity contribution in [2.24, 2.45) is 5.92 Å². The number of hydrogen-bond donors (Lipinski definition) is 2. The molecule has 3 nitrogen and oxygen atoms in total. The van der Waals surface area contributed by atoms with Crippen LogP contribution in [0.5, 0.6) is 0 Å². The first-order valence-electron chi connectivity index (χ1n) is 6.15. The van der Waals surface area contributed by atoms with Gasteiger partial charge in [-0.3, -0.25) is 4.98 Å². The molecule has 3 rings (SSSR count). The number of hydrogen-bond acceptors (Lipinski definition) is 3. The number of aromatic nitrogens is 1. The molecule has 2 fully saturated rings. The van der Waals surface area contributed by atoms with Gasteiger partial charge in [-0.05, 0) is 44.2 Å². The van der Waals surface area contributed by atoms with Gasteiger partial charge in [0.05, 0.1) is 11.4 Å². The summed E-state index contributed by atoms with van der Waals surface area (Å²) in [4.78, 5) is 4.36. The van der Waals surface area contributed by atoms with E-state index in [1.807, 2.05) is 6.07 Å². The monoisotopic (exact) mass is 215 g/mol. The van der Waals surface area contributed by atoms with Crippen molar-refractivity contribution < 1.29 is 0 Å². The van der Waals surface area contributed by atoms with Crippen LogP contribution in [-0.4, -0.2) is 16.7 Å². The second-order valence-electron chi connectivity index (χ2n) is 4.86. The van der Waals surface area contributed by atoms with Gasteiger partial charge in [0, 0.05) is 18.2 Å². The minimum atomic E-state index is 0.469. The number of nitrogens with one attached hydrogen (secondary N) is 2. The Balaban J connectivity index is 1.81. The van der Waals surface area contributed by atoms with E-state index < -0.39 is 0 Å². The summed E-state index contributed by atoms with van der Waals surface area (Å²) < 4.78 is 0. The van der Waals surface area contributed by atoms with Crippen LogP contribution in [0, 0.1) is 11.3 Å². The Labute approximate surface area is 95.8 Å². The average molecular weight is 215 g/mol. The van der Waals surface area contributed by atoms with Gasteiger partial charge in [0.15, 0.2) is 0 Å². The third-order valence-electron chi connectivity index (χ3n) is 3.51. The Morgan fingerprint density at radius 2 is 2.12 bits per heavy atom. The smallest absolute Gasteiger partial charge is 0.107 e. The standard InChI is InChI=1S/C13H17N3/c14-12(9-6-7-9)13-11(5-2-8-15-13)16-10-3-1-4-10/h2,5,8-10,14,16H,1,3-4,6-7H2. The molecule has 0 amide bonds. The quantitative estimate of drug-likeness (QED) is 0.759. The molecule has 84 valence electrons. The van der Waals surface area contributed by atoms with Gasteiger partial charge < -0.3 is 10.7 Å². The summed E-state index contributed by atoms with van der Waals surface area (Å²) in [6, 6.07) is 4.61. The zero-order valence-electron chi connectivity index (χ0n) is 9.37. The Kier molecular flexibility index (Phi) is 2.39. The Morgan fingerprint density at radius 3 is 2.75 bits per heavy atom. The van der Waals surface area contributed by atoms with Crippen molar-refractivity contribution in [2.45, 2.75) is 38.1 Å². The van der Waals surface area contributed by atoms with Crippen LogP contribution in [0.2, 0.25) is 0 Å². The van der Waals surface area contributed by atoms with Crippen molar-refractivity contribution in [1.29, 1.82) is 5.41 Å². The molecule has 0 aliphatic heterocycles. The highest BCUT2D eigenvalue weighted by atomic mass is 15.0. The maximum Gasteiger partial charge on any atom is 0.107 e. The molecule has 1 aromatic heterocycles. The van der Waals surface area contributed by atoms with Crippen LogP contribution in [0.3, 0.4) is 0 Å². The van der Waals surface area contributed by atoms with E-state index in [0.717, 1.165) is 29.9 Å². The van der Waals surface area contributed by atoms with E-state index in [9.17, 15) is 0 Å². The number of pyridine rings is 1. The third kappa shape index (κ3) is 1.82. The summed E-state index contributed by atoms with van der Waals surface area (Å²) in [6.45, 7) is 0. The van der Waals surface area contributed by atoms with Gasteiger partial charge >= 0.3 is 0 Å². The second kappa shape index (κ2) is 3.89. The third-order valence-corrected chi connectivity index (χ3v) is 3.51. The molecule has 2 aliphatic carbocycles. The lowest BCUT2D eigenvalue weighted by Gasteiger charge is -2.28. The minimum Gasteiger partial charge on any atom is -0.381 e. The lowest BCUT2D eigenvalue weighted by Crippen LogP contribution is -2.28. The van der Waals surface area contributed by atoms with Gasteiger partial charge in [0.1, 0.15) is 5.69 Å². The van der Waals surface area contributed by atoms with E-state index in [2.05, 4.69) is 16.4 Å². The summed E-state index contributed by atoms with van der Waals surface area (Å²) >= 11 is 0. The first-order valence-corrected chi connectivity index (χ1v) is 6.15. The van der Waals surface area contributed by atoms with Crippen LogP contribution < -0.4 is 5.32 Å². The maximum absolute atomic E-state index is 8.10. The number of rotatable bonds is 4. The Bertz CT molecular complexity index is 405. The molecule has 2 saturated carbocycles. The predicted molar refractivity (Wildman–Crippen MR) is 65.1 cm³/mol. The maximum atomic E-state index is 8.10. The van der Waals surface area contributed by atoms with Crippen molar-refractivity contribution in [3.63, 3.8) is 0 Å². The molecule has 0 bridgehead atoms. The lowest BCUT2D eigenvalue weighted by molar-refractivity contribution is 0.445. The summed E-state index contributed by atoms with van der Waals surface area (Å²) in [5.41, 5.74) is 2.66. The van der Waals surface area contributed by atoms with Crippen LogP contribution in [-0.2, 0) is 0 Å². The topological polar surface area (TPSA) is 48.8 Å². The molecule has 0 unspecified atom stereocenters. The van der Waals surface area contributed by atoms with Crippen LogP contribution >= 0.6 is 0 Å². The Hall–Kier alpha value is -1.38. The minimum absolute atomic E-state index is 0.469. The SMILES string of the molecule is N=C(c1ncccc1NC1CCC1)C1CC1. The molecule has 1 heterocycles. The first kappa shape index (κ1) is 9.82. The fourth-order valence-electron chi connectivity index (χ4n) is 2.07. The van der Waals surface area contributed by atoms with Crippen molar-refractivity contribution in [3.8, 4) is 0 Å². The number of nitrogens with zero attached hydrogens (tertiary/aromatic N) is 1. The largest absolute Gasteiger partial charge is 0.381 e.